The topological polar surface area (TPSA) is 84.0 Å². The van der Waals surface area contributed by atoms with Gasteiger partial charge in [-0.15, -0.1) is 10.2 Å². The Labute approximate surface area is 192 Å². The molecule has 0 spiro atoms. The van der Waals surface area contributed by atoms with Gasteiger partial charge in [-0.3, -0.25) is 14.9 Å². The van der Waals surface area contributed by atoms with Crippen LogP contribution in [0.3, 0.4) is 0 Å². The highest BCUT2D eigenvalue weighted by molar-refractivity contribution is 7.18. The smallest absolute Gasteiger partial charge is 0.254 e. The zero-order valence-corrected chi connectivity index (χ0v) is 18.0. The van der Waals surface area contributed by atoms with E-state index in [0.29, 0.717) is 10.6 Å². The van der Waals surface area contributed by atoms with Gasteiger partial charge in [-0.2, -0.15) is 0 Å². The van der Waals surface area contributed by atoms with E-state index in [9.17, 15) is 18.4 Å². The standard InChI is InChI=1S/C24H18F2N4O2S/c25-17-12-10-16(11-13-17)23-29-30-24(33-23)28-22(32)20(14-15-6-2-1-3-7-15)27-21(31)18-8-4-5-9-19(18)26/h1-13,20H,14H2,(H,27,31)(H,28,30,32). The molecule has 0 saturated heterocycles. The second kappa shape index (κ2) is 10.1. The minimum atomic E-state index is -0.988. The van der Waals surface area contributed by atoms with Crippen LogP contribution in [0.5, 0.6) is 0 Å². The van der Waals surface area contributed by atoms with E-state index in [1.54, 1.807) is 18.2 Å². The van der Waals surface area contributed by atoms with Crippen LogP contribution in [0, 0.1) is 11.6 Å². The predicted molar refractivity (Wildman–Crippen MR) is 122 cm³/mol. The number of rotatable bonds is 7. The Balaban J connectivity index is 1.52. The second-order valence-corrected chi connectivity index (χ2v) is 8.08. The van der Waals surface area contributed by atoms with Crippen molar-refractivity contribution in [2.24, 2.45) is 0 Å². The Hall–Kier alpha value is -3.98. The van der Waals surface area contributed by atoms with Crippen molar-refractivity contribution < 1.29 is 18.4 Å². The van der Waals surface area contributed by atoms with E-state index < -0.39 is 23.7 Å². The maximum Gasteiger partial charge on any atom is 0.254 e. The van der Waals surface area contributed by atoms with E-state index in [1.165, 1.54) is 30.3 Å². The maximum absolute atomic E-state index is 14.1. The Kier molecular flexibility index (Phi) is 6.80. The third kappa shape index (κ3) is 5.64. The summed E-state index contributed by atoms with van der Waals surface area (Å²) >= 11 is 1.11. The van der Waals surface area contributed by atoms with Gasteiger partial charge in [0.15, 0.2) is 0 Å². The van der Waals surface area contributed by atoms with Crippen LogP contribution in [0.25, 0.3) is 10.6 Å². The number of hydrogen-bond acceptors (Lipinski definition) is 5. The van der Waals surface area contributed by atoms with Crippen molar-refractivity contribution in [1.29, 1.82) is 0 Å². The second-order valence-electron chi connectivity index (χ2n) is 7.10. The third-order valence-corrected chi connectivity index (χ3v) is 5.66. The van der Waals surface area contributed by atoms with Gasteiger partial charge in [0.05, 0.1) is 5.56 Å². The first-order valence-corrected chi connectivity index (χ1v) is 10.8. The van der Waals surface area contributed by atoms with Crippen LogP contribution in [-0.4, -0.2) is 28.1 Å². The van der Waals surface area contributed by atoms with Crippen molar-refractivity contribution in [1.82, 2.24) is 15.5 Å². The Morgan fingerprint density at radius 1 is 0.879 bits per heavy atom. The lowest BCUT2D eigenvalue weighted by molar-refractivity contribution is -0.118. The molecular formula is C24H18F2N4O2S. The molecule has 4 aromatic rings. The summed E-state index contributed by atoms with van der Waals surface area (Å²) in [5, 5.41) is 14.0. The zero-order valence-electron chi connectivity index (χ0n) is 17.2. The molecule has 166 valence electrons. The van der Waals surface area contributed by atoms with Crippen LogP contribution in [0.2, 0.25) is 0 Å². The lowest BCUT2D eigenvalue weighted by Gasteiger charge is -2.18. The molecule has 0 aliphatic rings. The first-order valence-electron chi connectivity index (χ1n) is 9.99. The van der Waals surface area contributed by atoms with Crippen LogP contribution >= 0.6 is 11.3 Å². The highest BCUT2D eigenvalue weighted by Gasteiger charge is 2.24. The zero-order chi connectivity index (χ0) is 23.2. The molecule has 0 fully saturated rings. The van der Waals surface area contributed by atoms with Gasteiger partial charge in [0.25, 0.3) is 5.91 Å². The van der Waals surface area contributed by atoms with Gasteiger partial charge in [-0.1, -0.05) is 53.8 Å². The molecule has 9 heteroatoms. The van der Waals surface area contributed by atoms with Crippen molar-refractivity contribution >= 4 is 28.3 Å². The SMILES string of the molecule is O=C(NC(Cc1ccccc1)C(=O)Nc1nnc(-c2ccc(F)cc2)s1)c1ccccc1F. The minimum Gasteiger partial charge on any atom is -0.340 e. The first kappa shape index (κ1) is 22.2. The fraction of sp³-hybridized carbons (Fsp3) is 0.0833. The molecule has 1 unspecified atom stereocenters. The highest BCUT2D eigenvalue weighted by atomic mass is 32.1. The fourth-order valence-corrected chi connectivity index (χ4v) is 3.87. The van der Waals surface area contributed by atoms with Gasteiger partial charge in [0, 0.05) is 12.0 Å². The van der Waals surface area contributed by atoms with Crippen LogP contribution in [0.15, 0.2) is 78.9 Å². The average Bonchev–Trinajstić information content (AvgIpc) is 3.28. The van der Waals surface area contributed by atoms with E-state index in [1.807, 2.05) is 30.3 Å². The van der Waals surface area contributed by atoms with Crippen molar-refractivity contribution in [3.8, 4) is 10.6 Å². The molecule has 0 aliphatic heterocycles. The summed E-state index contributed by atoms with van der Waals surface area (Å²) in [4.78, 5) is 25.7. The number of halogens is 2. The molecule has 6 nitrogen and oxygen atoms in total. The molecule has 1 heterocycles. The number of benzene rings is 3. The van der Waals surface area contributed by atoms with Crippen LogP contribution in [0.1, 0.15) is 15.9 Å². The molecule has 4 rings (SSSR count). The van der Waals surface area contributed by atoms with Crippen LogP contribution in [0.4, 0.5) is 13.9 Å². The quantitative estimate of drug-likeness (QED) is 0.423. The number of carbonyl (C=O) groups excluding carboxylic acids is 2. The van der Waals surface area contributed by atoms with E-state index in [0.717, 1.165) is 16.9 Å². The summed E-state index contributed by atoms with van der Waals surface area (Å²) in [6, 6.07) is 19.4. The summed E-state index contributed by atoms with van der Waals surface area (Å²) in [6.45, 7) is 0. The van der Waals surface area contributed by atoms with Gasteiger partial charge in [0.2, 0.25) is 11.0 Å². The van der Waals surface area contributed by atoms with Gasteiger partial charge < -0.3 is 5.32 Å². The minimum absolute atomic E-state index is 0.155. The Bertz CT molecular complexity index is 1260. The number of nitrogens with one attached hydrogen (secondary N) is 2. The molecule has 33 heavy (non-hydrogen) atoms. The molecule has 1 aromatic heterocycles. The van der Waals surface area contributed by atoms with Crippen molar-refractivity contribution in [2.75, 3.05) is 5.32 Å². The molecule has 1 atom stereocenters. The van der Waals surface area contributed by atoms with E-state index in [4.69, 9.17) is 0 Å². The lowest BCUT2D eigenvalue weighted by atomic mass is 10.0. The van der Waals surface area contributed by atoms with E-state index in [-0.39, 0.29) is 22.9 Å². The highest BCUT2D eigenvalue weighted by Crippen LogP contribution is 2.26. The maximum atomic E-state index is 14.1. The Morgan fingerprint density at radius 2 is 1.58 bits per heavy atom. The third-order valence-electron chi connectivity index (χ3n) is 4.77. The number of anilines is 1. The van der Waals surface area contributed by atoms with Crippen molar-refractivity contribution in [3.63, 3.8) is 0 Å². The molecule has 0 saturated carbocycles. The summed E-state index contributed by atoms with van der Waals surface area (Å²) < 4.78 is 27.2. The first-order chi connectivity index (χ1) is 16.0. The predicted octanol–water partition coefficient (Wildman–Crippen LogP) is 4.46. The van der Waals surface area contributed by atoms with Gasteiger partial charge in [0.1, 0.15) is 22.7 Å². The molecule has 3 aromatic carbocycles. The van der Waals surface area contributed by atoms with Gasteiger partial charge >= 0.3 is 0 Å². The molecule has 0 bridgehead atoms. The van der Waals surface area contributed by atoms with E-state index >= 15 is 0 Å². The van der Waals surface area contributed by atoms with E-state index in [2.05, 4.69) is 20.8 Å². The summed E-state index contributed by atoms with van der Waals surface area (Å²) in [5.74, 6) is -2.27. The normalized spacial score (nSPS) is 11.6. The van der Waals surface area contributed by atoms with Crippen LogP contribution < -0.4 is 10.6 Å². The molecule has 2 amide bonds. The fourth-order valence-electron chi connectivity index (χ4n) is 3.12. The summed E-state index contributed by atoms with van der Waals surface area (Å²) in [6.07, 6.45) is 0.191. The summed E-state index contributed by atoms with van der Waals surface area (Å²) in [5.41, 5.74) is 1.32. The molecular weight excluding hydrogens is 446 g/mol. The number of nitrogens with zero attached hydrogens (tertiary/aromatic N) is 2. The largest absolute Gasteiger partial charge is 0.340 e. The lowest BCUT2D eigenvalue weighted by Crippen LogP contribution is -2.45. The average molecular weight is 464 g/mol. The number of amides is 2. The molecule has 0 radical (unpaired) electrons. The number of aromatic nitrogens is 2. The Morgan fingerprint density at radius 3 is 2.30 bits per heavy atom. The van der Waals surface area contributed by atoms with Gasteiger partial charge in [-0.25, -0.2) is 8.78 Å². The van der Waals surface area contributed by atoms with Crippen LogP contribution in [-0.2, 0) is 11.2 Å². The molecule has 0 aliphatic carbocycles. The van der Waals surface area contributed by atoms with Gasteiger partial charge in [-0.05, 0) is 42.0 Å². The monoisotopic (exact) mass is 464 g/mol. The number of hydrogen-bond donors (Lipinski definition) is 2. The number of carbonyl (C=O) groups is 2. The molecule has 2 N–H and O–H groups in total. The van der Waals surface area contributed by atoms with Crippen molar-refractivity contribution in [3.05, 3.63) is 102 Å². The summed E-state index contributed by atoms with van der Waals surface area (Å²) in [7, 11) is 0. The van der Waals surface area contributed by atoms with Crippen molar-refractivity contribution in [2.45, 2.75) is 12.5 Å².